The number of aliphatic carboxylic acids is 1. The predicted octanol–water partition coefficient (Wildman–Crippen LogP) is -0.217. The number of hydrogen-bond acceptors (Lipinski definition) is 4. The van der Waals surface area contributed by atoms with E-state index in [1.54, 1.807) is 4.90 Å². The van der Waals surface area contributed by atoms with E-state index in [0.717, 1.165) is 13.0 Å². The first kappa shape index (κ1) is 13.3. The first-order valence-electron chi connectivity index (χ1n) is 6.28. The fourth-order valence-corrected chi connectivity index (χ4v) is 2.84. The van der Waals surface area contributed by atoms with Gasteiger partial charge in [-0.25, -0.2) is 4.79 Å². The van der Waals surface area contributed by atoms with Gasteiger partial charge in [-0.15, -0.1) is 0 Å². The summed E-state index contributed by atoms with van der Waals surface area (Å²) in [6, 6.07) is -0.0707. The predicted molar refractivity (Wildman–Crippen MR) is 64.2 cm³/mol. The molecule has 1 N–H and O–H groups in total. The average molecular weight is 256 g/mol. The maximum Gasteiger partial charge on any atom is 0.336 e. The first-order chi connectivity index (χ1) is 8.50. The molecule has 2 rings (SSSR count). The van der Waals surface area contributed by atoms with Crippen LogP contribution in [0.5, 0.6) is 0 Å². The number of rotatable bonds is 3. The summed E-state index contributed by atoms with van der Waals surface area (Å²) in [7, 11) is 3.25. The fourth-order valence-electron chi connectivity index (χ4n) is 2.84. The van der Waals surface area contributed by atoms with Crippen LogP contribution in [0.2, 0.25) is 0 Å². The minimum Gasteiger partial charge on any atom is -0.479 e. The van der Waals surface area contributed by atoms with Crippen LogP contribution in [0.25, 0.3) is 0 Å². The molecule has 0 aromatic carbocycles. The van der Waals surface area contributed by atoms with Crippen molar-refractivity contribution in [1.82, 2.24) is 9.80 Å². The van der Waals surface area contributed by atoms with Gasteiger partial charge < -0.3 is 14.7 Å². The van der Waals surface area contributed by atoms with E-state index in [1.807, 2.05) is 7.05 Å². The molecule has 0 aromatic heterocycles. The third-order valence-electron chi connectivity index (χ3n) is 4.23. The summed E-state index contributed by atoms with van der Waals surface area (Å²) in [6.45, 7) is 1.99. The van der Waals surface area contributed by atoms with Gasteiger partial charge in [0.05, 0.1) is 6.04 Å². The lowest BCUT2D eigenvalue weighted by molar-refractivity contribution is -0.169. The van der Waals surface area contributed by atoms with Crippen molar-refractivity contribution in [1.29, 1.82) is 0 Å². The molecule has 6 nitrogen and oxygen atoms in total. The summed E-state index contributed by atoms with van der Waals surface area (Å²) in [5.74, 6) is -0.755. The van der Waals surface area contributed by atoms with Gasteiger partial charge in [-0.05, 0) is 19.3 Å². The first-order valence-corrected chi connectivity index (χ1v) is 6.28. The van der Waals surface area contributed by atoms with Crippen molar-refractivity contribution in [3.8, 4) is 0 Å². The number of amides is 1. The van der Waals surface area contributed by atoms with Gasteiger partial charge in [-0.2, -0.15) is 0 Å². The van der Waals surface area contributed by atoms with E-state index >= 15 is 0 Å². The second-order valence-corrected chi connectivity index (χ2v) is 5.10. The molecular weight excluding hydrogens is 236 g/mol. The Hall–Kier alpha value is -1.14. The average Bonchev–Trinajstić information content (AvgIpc) is 2.70. The largest absolute Gasteiger partial charge is 0.479 e. The summed E-state index contributed by atoms with van der Waals surface area (Å²) in [5, 5.41) is 9.22. The molecule has 2 fully saturated rings. The van der Waals surface area contributed by atoms with Crippen molar-refractivity contribution in [3.63, 3.8) is 0 Å². The summed E-state index contributed by atoms with van der Waals surface area (Å²) < 4.78 is 5.18. The van der Waals surface area contributed by atoms with Gasteiger partial charge in [0.25, 0.3) is 0 Å². The molecule has 0 radical (unpaired) electrons. The van der Waals surface area contributed by atoms with Crippen molar-refractivity contribution in [2.24, 2.45) is 0 Å². The summed E-state index contributed by atoms with van der Waals surface area (Å²) >= 11 is 0. The molecule has 1 amide bonds. The molecular formula is C12H20N2O4. The van der Waals surface area contributed by atoms with Crippen molar-refractivity contribution in [3.05, 3.63) is 0 Å². The summed E-state index contributed by atoms with van der Waals surface area (Å²) in [4.78, 5) is 27.0. The SMILES string of the molecule is COC1(C(=O)O)CCN(C2CCN(C)C2=O)CC1. The minimum absolute atomic E-state index is 0.0707. The molecule has 2 saturated heterocycles. The second kappa shape index (κ2) is 4.85. The zero-order chi connectivity index (χ0) is 13.3. The molecule has 2 aliphatic rings. The van der Waals surface area contributed by atoms with Crippen LogP contribution in [-0.2, 0) is 14.3 Å². The van der Waals surface area contributed by atoms with Crippen LogP contribution < -0.4 is 0 Å². The number of ether oxygens (including phenoxy) is 1. The quantitative estimate of drug-likeness (QED) is 0.756. The number of likely N-dealkylation sites (N-methyl/N-ethyl adjacent to an activating group) is 1. The van der Waals surface area contributed by atoms with Crippen LogP contribution in [0.3, 0.4) is 0 Å². The van der Waals surface area contributed by atoms with Crippen LogP contribution in [0, 0.1) is 0 Å². The number of carbonyl (C=O) groups excluding carboxylic acids is 1. The van der Waals surface area contributed by atoms with Crippen molar-refractivity contribution in [2.75, 3.05) is 33.8 Å². The van der Waals surface area contributed by atoms with Gasteiger partial charge >= 0.3 is 5.97 Å². The topological polar surface area (TPSA) is 70.1 Å². The molecule has 1 atom stereocenters. The molecule has 2 aliphatic heterocycles. The van der Waals surface area contributed by atoms with Crippen LogP contribution in [0.1, 0.15) is 19.3 Å². The lowest BCUT2D eigenvalue weighted by Gasteiger charge is -2.39. The zero-order valence-electron chi connectivity index (χ0n) is 10.9. The molecule has 1 unspecified atom stereocenters. The Kier molecular flexibility index (Phi) is 3.59. The number of nitrogens with zero attached hydrogens (tertiary/aromatic N) is 2. The highest BCUT2D eigenvalue weighted by Gasteiger charge is 2.45. The normalized spacial score (nSPS) is 28.7. The molecule has 2 heterocycles. The Bertz CT molecular complexity index is 350. The number of piperidine rings is 1. The highest BCUT2D eigenvalue weighted by molar-refractivity contribution is 5.84. The number of carboxylic acids is 1. The highest BCUT2D eigenvalue weighted by atomic mass is 16.5. The highest BCUT2D eigenvalue weighted by Crippen LogP contribution is 2.29. The van der Waals surface area contributed by atoms with Gasteiger partial charge in [0.2, 0.25) is 5.91 Å². The number of methoxy groups -OCH3 is 1. The molecule has 102 valence electrons. The maximum absolute atomic E-state index is 11.9. The van der Waals surface area contributed by atoms with Crippen LogP contribution >= 0.6 is 0 Å². The van der Waals surface area contributed by atoms with E-state index in [-0.39, 0.29) is 11.9 Å². The van der Waals surface area contributed by atoms with Crippen molar-refractivity contribution < 1.29 is 19.4 Å². The Morgan fingerprint density at radius 1 is 1.39 bits per heavy atom. The second-order valence-electron chi connectivity index (χ2n) is 5.10. The third-order valence-corrected chi connectivity index (χ3v) is 4.23. The number of carboxylic acid groups (broad SMARTS) is 1. The fraction of sp³-hybridized carbons (Fsp3) is 0.833. The monoisotopic (exact) mass is 256 g/mol. The van der Waals surface area contributed by atoms with Gasteiger partial charge in [0, 0.05) is 33.8 Å². The Morgan fingerprint density at radius 3 is 2.39 bits per heavy atom. The maximum atomic E-state index is 11.9. The van der Waals surface area contributed by atoms with E-state index < -0.39 is 11.6 Å². The third kappa shape index (κ3) is 2.10. The van der Waals surface area contributed by atoms with E-state index in [2.05, 4.69) is 4.90 Å². The van der Waals surface area contributed by atoms with E-state index in [4.69, 9.17) is 4.74 Å². The minimum atomic E-state index is -1.07. The van der Waals surface area contributed by atoms with E-state index in [0.29, 0.717) is 25.9 Å². The summed E-state index contributed by atoms with van der Waals surface area (Å²) in [5.41, 5.74) is -1.07. The molecule has 0 aromatic rings. The molecule has 0 bridgehead atoms. The molecule has 6 heteroatoms. The number of carbonyl (C=O) groups is 2. The molecule has 0 spiro atoms. The van der Waals surface area contributed by atoms with Gasteiger partial charge in [0.1, 0.15) is 0 Å². The number of hydrogen-bond donors (Lipinski definition) is 1. The molecule has 0 aliphatic carbocycles. The smallest absolute Gasteiger partial charge is 0.336 e. The number of likely N-dealkylation sites (tertiary alicyclic amines) is 2. The van der Waals surface area contributed by atoms with Gasteiger partial charge in [-0.3, -0.25) is 9.69 Å². The standard InChI is InChI=1S/C12H20N2O4/c1-13-6-3-9(10(13)15)14-7-4-12(18-2,5-8-14)11(16)17/h9H,3-8H2,1-2H3,(H,16,17). The van der Waals surface area contributed by atoms with Crippen molar-refractivity contribution >= 4 is 11.9 Å². The Labute approximate surface area is 106 Å². The van der Waals surface area contributed by atoms with Crippen LogP contribution in [0.4, 0.5) is 0 Å². The Morgan fingerprint density at radius 2 is 2.00 bits per heavy atom. The molecule has 18 heavy (non-hydrogen) atoms. The van der Waals surface area contributed by atoms with Crippen molar-refractivity contribution in [2.45, 2.75) is 30.9 Å². The van der Waals surface area contributed by atoms with E-state index in [1.165, 1.54) is 7.11 Å². The van der Waals surface area contributed by atoms with Gasteiger partial charge in [0.15, 0.2) is 5.60 Å². The zero-order valence-corrected chi connectivity index (χ0v) is 10.9. The Balaban J connectivity index is 1.98. The van der Waals surface area contributed by atoms with Gasteiger partial charge in [-0.1, -0.05) is 0 Å². The lowest BCUT2D eigenvalue weighted by atomic mass is 9.90. The summed E-state index contributed by atoms with van der Waals surface area (Å²) in [6.07, 6.45) is 1.71. The van der Waals surface area contributed by atoms with Crippen LogP contribution in [-0.4, -0.2) is 72.2 Å². The van der Waals surface area contributed by atoms with E-state index in [9.17, 15) is 14.7 Å². The molecule has 0 saturated carbocycles. The lowest BCUT2D eigenvalue weighted by Crippen LogP contribution is -2.54. The van der Waals surface area contributed by atoms with Crippen LogP contribution in [0.15, 0.2) is 0 Å².